The van der Waals surface area contributed by atoms with Crippen LogP contribution < -0.4 is 10.6 Å². The number of halogens is 2. The fourth-order valence-electron chi connectivity index (χ4n) is 4.91. The van der Waals surface area contributed by atoms with Crippen LogP contribution in [0, 0.1) is 0 Å². The van der Waals surface area contributed by atoms with Crippen LogP contribution in [0.5, 0.6) is 0 Å². The highest BCUT2D eigenvalue weighted by molar-refractivity contribution is 6.30. The van der Waals surface area contributed by atoms with Crippen molar-refractivity contribution in [2.75, 3.05) is 0 Å². The molecule has 3 nitrogen and oxygen atoms in total. The minimum absolute atomic E-state index is 0. The van der Waals surface area contributed by atoms with Gasteiger partial charge in [0.15, 0.2) is 0 Å². The van der Waals surface area contributed by atoms with Crippen molar-refractivity contribution >= 4 is 29.9 Å². The van der Waals surface area contributed by atoms with E-state index in [-0.39, 0.29) is 23.7 Å². The van der Waals surface area contributed by atoms with Gasteiger partial charge in [0.1, 0.15) is 0 Å². The second-order valence-electron chi connectivity index (χ2n) is 7.58. The first-order valence-electron chi connectivity index (χ1n) is 8.99. The highest BCUT2D eigenvalue weighted by Crippen LogP contribution is 2.42. The van der Waals surface area contributed by atoms with Crippen molar-refractivity contribution in [2.24, 2.45) is 0 Å². The van der Waals surface area contributed by atoms with Crippen molar-refractivity contribution < 1.29 is 4.79 Å². The lowest BCUT2D eigenvalue weighted by molar-refractivity contribution is -0.127. The van der Waals surface area contributed by atoms with E-state index in [0.717, 1.165) is 49.1 Å². The summed E-state index contributed by atoms with van der Waals surface area (Å²) in [4.78, 5) is 13.2. The summed E-state index contributed by atoms with van der Waals surface area (Å²) in [6.07, 6.45) is 8.80. The normalized spacial score (nSPS) is 30.6. The van der Waals surface area contributed by atoms with E-state index in [4.69, 9.17) is 11.6 Å². The molecule has 0 radical (unpaired) electrons. The lowest BCUT2D eigenvalue weighted by atomic mass is 9.77. The zero-order valence-electron chi connectivity index (χ0n) is 13.9. The molecule has 2 heterocycles. The van der Waals surface area contributed by atoms with E-state index in [9.17, 15) is 4.79 Å². The maximum atomic E-state index is 13.2. The fraction of sp³-hybridized carbons (Fsp3) is 0.632. The van der Waals surface area contributed by atoms with Crippen LogP contribution in [-0.2, 0) is 10.2 Å². The predicted octanol–water partition coefficient (Wildman–Crippen LogP) is 3.97. The predicted molar refractivity (Wildman–Crippen MR) is 100.0 cm³/mol. The topological polar surface area (TPSA) is 41.1 Å². The standard InChI is InChI=1S/C19H25ClN2O.ClH/c20-14-5-3-4-13(10-14)19(8-1-2-9-19)18(23)22-17-11-15-6-7-16(12-17)21-15;/h3-5,10,15-17,21H,1-2,6-9,11-12H2,(H,22,23);1H. The van der Waals surface area contributed by atoms with E-state index < -0.39 is 0 Å². The molecule has 2 N–H and O–H groups in total. The number of piperidine rings is 1. The SMILES string of the molecule is Cl.O=C(NC1CC2CCC(C1)N2)C1(c2cccc(Cl)c2)CCCC1. The maximum Gasteiger partial charge on any atom is 0.230 e. The number of nitrogens with one attached hydrogen (secondary N) is 2. The first kappa shape index (κ1) is 18.0. The Hall–Kier alpha value is -0.770. The Bertz CT molecular complexity index is 589. The second kappa shape index (κ2) is 7.23. The molecule has 132 valence electrons. The van der Waals surface area contributed by atoms with Crippen LogP contribution in [0.4, 0.5) is 0 Å². The van der Waals surface area contributed by atoms with Crippen LogP contribution in [-0.4, -0.2) is 24.0 Å². The zero-order valence-corrected chi connectivity index (χ0v) is 15.5. The van der Waals surface area contributed by atoms with Crippen molar-refractivity contribution in [2.45, 2.75) is 74.9 Å². The van der Waals surface area contributed by atoms with Crippen molar-refractivity contribution in [3.8, 4) is 0 Å². The van der Waals surface area contributed by atoms with Gasteiger partial charge in [-0.05, 0) is 56.2 Å². The van der Waals surface area contributed by atoms with E-state index in [2.05, 4.69) is 16.7 Å². The summed E-state index contributed by atoms with van der Waals surface area (Å²) in [5.74, 6) is 0.226. The molecule has 2 atom stereocenters. The summed E-state index contributed by atoms with van der Waals surface area (Å²) in [7, 11) is 0. The summed E-state index contributed by atoms with van der Waals surface area (Å²) in [5.41, 5.74) is 0.728. The molecule has 1 saturated carbocycles. The van der Waals surface area contributed by atoms with E-state index in [1.165, 1.54) is 12.8 Å². The van der Waals surface area contributed by atoms with Crippen LogP contribution in [0.1, 0.15) is 56.9 Å². The molecule has 2 aliphatic heterocycles. The molecule has 24 heavy (non-hydrogen) atoms. The summed E-state index contributed by atoms with van der Waals surface area (Å²) in [5, 5.41) is 7.76. The number of rotatable bonds is 3. The zero-order chi connectivity index (χ0) is 15.9. The summed E-state index contributed by atoms with van der Waals surface area (Å²) >= 11 is 6.19. The molecule has 2 bridgehead atoms. The minimum atomic E-state index is -0.366. The highest BCUT2D eigenvalue weighted by atomic mass is 35.5. The molecule has 3 fully saturated rings. The number of carbonyl (C=O) groups excluding carboxylic acids is 1. The van der Waals surface area contributed by atoms with Crippen molar-refractivity contribution in [1.82, 2.24) is 10.6 Å². The average molecular weight is 369 g/mol. The fourth-order valence-corrected chi connectivity index (χ4v) is 5.10. The van der Waals surface area contributed by atoms with Gasteiger partial charge in [0.25, 0.3) is 0 Å². The largest absolute Gasteiger partial charge is 0.352 e. The number of amides is 1. The molecular formula is C19H26Cl2N2O. The van der Waals surface area contributed by atoms with Gasteiger partial charge in [-0.15, -0.1) is 12.4 Å². The Kier molecular flexibility index (Phi) is 5.43. The second-order valence-corrected chi connectivity index (χ2v) is 8.02. The molecule has 0 aromatic heterocycles. The molecule has 5 heteroatoms. The van der Waals surface area contributed by atoms with Gasteiger partial charge in [-0.3, -0.25) is 4.79 Å². The quantitative estimate of drug-likeness (QED) is 0.847. The molecule has 0 spiro atoms. The van der Waals surface area contributed by atoms with Gasteiger partial charge >= 0.3 is 0 Å². The third kappa shape index (κ3) is 3.31. The third-order valence-corrected chi connectivity index (χ3v) is 6.31. The van der Waals surface area contributed by atoms with Crippen molar-refractivity contribution in [3.05, 3.63) is 34.9 Å². The first-order chi connectivity index (χ1) is 11.2. The van der Waals surface area contributed by atoms with E-state index in [1.54, 1.807) is 0 Å². The van der Waals surface area contributed by atoms with E-state index >= 15 is 0 Å². The van der Waals surface area contributed by atoms with Gasteiger partial charge in [0.2, 0.25) is 5.91 Å². The number of carbonyl (C=O) groups is 1. The molecule has 2 saturated heterocycles. The Morgan fingerprint density at radius 1 is 1.17 bits per heavy atom. The Labute approximate surface area is 155 Å². The summed E-state index contributed by atoms with van der Waals surface area (Å²) in [6, 6.07) is 9.44. The molecule has 1 aromatic carbocycles. The maximum absolute atomic E-state index is 13.2. The number of hydrogen-bond donors (Lipinski definition) is 2. The van der Waals surface area contributed by atoms with Crippen LogP contribution >= 0.6 is 24.0 Å². The van der Waals surface area contributed by atoms with Crippen LogP contribution in [0.3, 0.4) is 0 Å². The van der Waals surface area contributed by atoms with Gasteiger partial charge in [-0.2, -0.15) is 0 Å². The first-order valence-corrected chi connectivity index (χ1v) is 9.37. The Balaban J connectivity index is 0.00000169. The molecule has 2 unspecified atom stereocenters. The van der Waals surface area contributed by atoms with Crippen molar-refractivity contribution in [1.29, 1.82) is 0 Å². The lowest BCUT2D eigenvalue weighted by Gasteiger charge is -2.34. The third-order valence-electron chi connectivity index (χ3n) is 6.08. The number of benzene rings is 1. The van der Waals surface area contributed by atoms with E-state index in [0.29, 0.717) is 18.1 Å². The van der Waals surface area contributed by atoms with Gasteiger partial charge < -0.3 is 10.6 Å². The molecule has 3 aliphatic rings. The molecule has 1 aromatic rings. The van der Waals surface area contributed by atoms with Crippen LogP contribution in [0.2, 0.25) is 5.02 Å². The summed E-state index contributed by atoms with van der Waals surface area (Å²) < 4.78 is 0. The van der Waals surface area contributed by atoms with Gasteiger partial charge in [-0.1, -0.05) is 36.6 Å². The Morgan fingerprint density at radius 3 is 2.46 bits per heavy atom. The monoisotopic (exact) mass is 368 g/mol. The van der Waals surface area contributed by atoms with Crippen molar-refractivity contribution in [3.63, 3.8) is 0 Å². The highest BCUT2D eigenvalue weighted by Gasteiger charge is 2.44. The van der Waals surface area contributed by atoms with Gasteiger partial charge in [-0.25, -0.2) is 0 Å². The summed E-state index contributed by atoms with van der Waals surface area (Å²) in [6.45, 7) is 0. The van der Waals surface area contributed by atoms with Crippen LogP contribution in [0.15, 0.2) is 24.3 Å². The minimum Gasteiger partial charge on any atom is -0.352 e. The van der Waals surface area contributed by atoms with Gasteiger partial charge in [0.05, 0.1) is 5.41 Å². The lowest BCUT2D eigenvalue weighted by Crippen LogP contribution is -2.52. The number of fused-ring (bicyclic) bond motifs is 2. The molecular weight excluding hydrogens is 343 g/mol. The number of hydrogen-bond acceptors (Lipinski definition) is 2. The van der Waals surface area contributed by atoms with E-state index in [1.807, 2.05) is 18.2 Å². The van der Waals surface area contributed by atoms with Gasteiger partial charge in [0, 0.05) is 23.1 Å². The molecule has 1 aliphatic carbocycles. The molecule has 1 amide bonds. The van der Waals surface area contributed by atoms with Crippen LogP contribution in [0.25, 0.3) is 0 Å². The smallest absolute Gasteiger partial charge is 0.230 e. The molecule has 4 rings (SSSR count). The average Bonchev–Trinajstić information content (AvgIpc) is 3.15. The Morgan fingerprint density at radius 2 is 1.83 bits per heavy atom.